The third-order valence-electron chi connectivity index (χ3n) is 5.78. The van der Waals surface area contributed by atoms with Gasteiger partial charge in [-0.15, -0.1) is 0 Å². The Morgan fingerprint density at radius 2 is 2.15 bits per heavy atom. The number of urea groups is 1. The molecule has 0 radical (unpaired) electrons. The lowest BCUT2D eigenvalue weighted by Gasteiger charge is -2.34. The fourth-order valence-electron chi connectivity index (χ4n) is 4.14. The van der Waals surface area contributed by atoms with Gasteiger partial charge in [-0.3, -0.25) is 0 Å². The first-order valence-corrected chi connectivity index (χ1v) is 9.86. The number of rotatable bonds is 3. The molecule has 2 atom stereocenters. The molecule has 4 rings (SSSR count). The molecule has 0 saturated carbocycles. The molecule has 2 aromatic rings. The topological polar surface area (TPSA) is 67.6 Å². The predicted molar refractivity (Wildman–Crippen MR) is 99.1 cm³/mol. The molecule has 27 heavy (non-hydrogen) atoms. The van der Waals surface area contributed by atoms with Crippen molar-refractivity contribution in [3.8, 4) is 0 Å². The summed E-state index contributed by atoms with van der Waals surface area (Å²) in [5.41, 5.74) is 1.36. The van der Waals surface area contributed by atoms with Gasteiger partial charge in [-0.2, -0.15) is 0 Å². The number of piperidine rings is 1. The fourth-order valence-corrected chi connectivity index (χ4v) is 4.14. The number of likely N-dealkylation sites (tertiary alicyclic amines) is 1. The SMILES string of the molecule is CCC1CC(NC(=O)N2CCC(c3noc4cc(F)ccc34)CC2)CCO1. The number of halogens is 1. The highest BCUT2D eigenvalue weighted by atomic mass is 19.1. The van der Waals surface area contributed by atoms with Crippen molar-refractivity contribution in [2.45, 2.75) is 57.1 Å². The number of nitrogens with zero attached hydrogens (tertiary/aromatic N) is 2. The highest BCUT2D eigenvalue weighted by Gasteiger charge is 2.29. The third kappa shape index (κ3) is 3.93. The number of carbonyl (C=O) groups excluding carboxylic acids is 1. The van der Waals surface area contributed by atoms with E-state index in [-0.39, 0.29) is 29.9 Å². The van der Waals surface area contributed by atoms with Crippen molar-refractivity contribution in [1.82, 2.24) is 15.4 Å². The average Bonchev–Trinajstić information content (AvgIpc) is 3.11. The van der Waals surface area contributed by atoms with E-state index in [1.165, 1.54) is 12.1 Å². The molecule has 2 aliphatic heterocycles. The van der Waals surface area contributed by atoms with Gasteiger partial charge in [-0.1, -0.05) is 12.1 Å². The first-order valence-electron chi connectivity index (χ1n) is 9.86. The summed E-state index contributed by atoms with van der Waals surface area (Å²) in [6.45, 7) is 4.20. The van der Waals surface area contributed by atoms with Crippen LogP contribution in [-0.4, -0.2) is 47.9 Å². The molecule has 7 heteroatoms. The highest BCUT2D eigenvalue weighted by Crippen LogP contribution is 2.32. The minimum absolute atomic E-state index is 0.0160. The standard InChI is InChI=1S/C20H26FN3O3/c1-2-16-12-15(7-10-26-16)22-20(25)24-8-5-13(6-9-24)19-17-4-3-14(21)11-18(17)27-23-19/h3-4,11,13,15-16H,2,5-10,12H2,1H3,(H,22,25). The van der Waals surface area contributed by atoms with Gasteiger partial charge in [0, 0.05) is 43.1 Å². The van der Waals surface area contributed by atoms with Crippen LogP contribution >= 0.6 is 0 Å². The zero-order valence-corrected chi connectivity index (χ0v) is 15.6. The fraction of sp³-hybridized carbons (Fsp3) is 0.600. The van der Waals surface area contributed by atoms with Crippen LogP contribution in [0, 0.1) is 5.82 Å². The molecule has 1 N–H and O–H groups in total. The maximum Gasteiger partial charge on any atom is 0.317 e. The van der Waals surface area contributed by atoms with E-state index >= 15 is 0 Å². The average molecular weight is 375 g/mol. The quantitative estimate of drug-likeness (QED) is 0.886. The van der Waals surface area contributed by atoms with Gasteiger partial charge in [0.25, 0.3) is 0 Å². The van der Waals surface area contributed by atoms with Crippen LogP contribution < -0.4 is 5.32 Å². The van der Waals surface area contributed by atoms with Crippen molar-refractivity contribution in [2.24, 2.45) is 0 Å². The van der Waals surface area contributed by atoms with Gasteiger partial charge in [-0.05, 0) is 44.2 Å². The Hall–Kier alpha value is -2.15. The predicted octanol–water partition coefficient (Wildman–Crippen LogP) is 3.81. The summed E-state index contributed by atoms with van der Waals surface area (Å²) >= 11 is 0. The van der Waals surface area contributed by atoms with Crippen LogP contribution in [-0.2, 0) is 4.74 Å². The largest absolute Gasteiger partial charge is 0.378 e. The molecular weight excluding hydrogens is 349 g/mol. The molecule has 0 spiro atoms. The van der Waals surface area contributed by atoms with Crippen molar-refractivity contribution in [2.75, 3.05) is 19.7 Å². The van der Waals surface area contributed by atoms with Crippen molar-refractivity contribution in [3.05, 3.63) is 29.7 Å². The van der Waals surface area contributed by atoms with Gasteiger partial charge in [0.05, 0.1) is 11.8 Å². The number of benzene rings is 1. The number of amides is 2. The molecule has 6 nitrogen and oxygen atoms in total. The summed E-state index contributed by atoms with van der Waals surface area (Å²) in [4.78, 5) is 14.5. The lowest BCUT2D eigenvalue weighted by molar-refractivity contribution is 0.00103. The van der Waals surface area contributed by atoms with E-state index in [1.807, 2.05) is 4.90 Å². The molecule has 2 amide bonds. The van der Waals surface area contributed by atoms with Gasteiger partial charge in [0.1, 0.15) is 5.82 Å². The number of nitrogens with one attached hydrogen (secondary N) is 1. The summed E-state index contributed by atoms with van der Waals surface area (Å²) in [6, 6.07) is 4.74. The Kier molecular flexibility index (Phi) is 5.29. The molecule has 2 unspecified atom stereocenters. The van der Waals surface area contributed by atoms with Crippen molar-refractivity contribution in [1.29, 1.82) is 0 Å². The number of hydrogen-bond donors (Lipinski definition) is 1. The number of carbonyl (C=O) groups is 1. The van der Waals surface area contributed by atoms with Crippen LogP contribution in [0.2, 0.25) is 0 Å². The van der Waals surface area contributed by atoms with Gasteiger partial charge >= 0.3 is 6.03 Å². The van der Waals surface area contributed by atoms with Crippen LogP contribution in [0.3, 0.4) is 0 Å². The van der Waals surface area contributed by atoms with Crippen molar-refractivity contribution >= 4 is 17.0 Å². The molecule has 146 valence electrons. The molecule has 2 saturated heterocycles. The van der Waals surface area contributed by atoms with Crippen LogP contribution in [0.5, 0.6) is 0 Å². The van der Waals surface area contributed by atoms with Crippen LogP contribution in [0.4, 0.5) is 9.18 Å². The Morgan fingerprint density at radius 3 is 2.93 bits per heavy atom. The number of aromatic nitrogens is 1. The molecule has 1 aromatic carbocycles. The normalized spacial score (nSPS) is 24.3. The van der Waals surface area contributed by atoms with E-state index in [0.29, 0.717) is 25.3 Å². The Balaban J connectivity index is 1.33. The van der Waals surface area contributed by atoms with Gasteiger partial charge < -0.3 is 19.5 Å². The van der Waals surface area contributed by atoms with Gasteiger partial charge in [-0.25, -0.2) is 9.18 Å². The van der Waals surface area contributed by atoms with E-state index < -0.39 is 0 Å². The maximum atomic E-state index is 13.3. The molecule has 3 heterocycles. The van der Waals surface area contributed by atoms with E-state index in [9.17, 15) is 9.18 Å². The minimum atomic E-state index is -0.324. The van der Waals surface area contributed by atoms with E-state index in [2.05, 4.69) is 17.4 Å². The van der Waals surface area contributed by atoms with Crippen LogP contribution in [0.25, 0.3) is 11.0 Å². The molecule has 2 fully saturated rings. The first kappa shape index (κ1) is 18.2. The van der Waals surface area contributed by atoms with E-state index in [0.717, 1.165) is 43.2 Å². The van der Waals surface area contributed by atoms with Crippen molar-refractivity contribution < 1.29 is 18.4 Å². The molecule has 2 aliphatic rings. The Labute approximate surface area is 158 Å². The summed E-state index contributed by atoms with van der Waals surface area (Å²) in [5, 5.41) is 8.20. The monoisotopic (exact) mass is 375 g/mol. The maximum absolute atomic E-state index is 13.3. The van der Waals surface area contributed by atoms with Gasteiger partial charge in [0.15, 0.2) is 5.58 Å². The molecular formula is C20H26FN3O3. The molecule has 1 aromatic heterocycles. The highest BCUT2D eigenvalue weighted by molar-refractivity contribution is 5.80. The second-order valence-corrected chi connectivity index (χ2v) is 7.54. The first-order chi connectivity index (χ1) is 13.1. The summed E-state index contributed by atoms with van der Waals surface area (Å²) in [5.74, 6) is -0.0940. The Bertz CT molecular complexity index is 801. The lowest BCUT2D eigenvalue weighted by Crippen LogP contribution is -2.50. The number of hydrogen-bond acceptors (Lipinski definition) is 4. The van der Waals surface area contributed by atoms with Crippen LogP contribution in [0.15, 0.2) is 22.7 Å². The molecule has 0 bridgehead atoms. The van der Waals surface area contributed by atoms with E-state index in [1.54, 1.807) is 6.07 Å². The van der Waals surface area contributed by atoms with Crippen LogP contribution in [0.1, 0.15) is 50.6 Å². The molecule has 0 aliphatic carbocycles. The summed E-state index contributed by atoms with van der Waals surface area (Å²) in [6.07, 6.45) is 4.66. The second kappa shape index (κ2) is 7.84. The Morgan fingerprint density at radius 1 is 1.33 bits per heavy atom. The zero-order valence-electron chi connectivity index (χ0n) is 15.6. The smallest absolute Gasteiger partial charge is 0.317 e. The number of fused-ring (bicyclic) bond motifs is 1. The summed E-state index contributed by atoms with van der Waals surface area (Å²) < 4.78 is 24.3. The third-order valence-corrected chi connectivity index (χ3v) is 5.78. The number of ether oxygens (including phenoxy) is 1. The lowest BCUT2D eigenvalue weighted by atomic mass is 9.91. The van der Waals surface area contributed by atoms with Gasteiger partial charge in [0.2, 0.25) is 0 Å². The van der Waals surface area contributed by atoms with Crippen molar-refractivity contribution in [3.63, 3.8) is 0 Å². The summed E-state index contributed by atoms with van der Waals surface area (Å²) in [7, 11) is 0. The van der Waals surface area contributed by atoms with E-state index in [4.69, 9.17) is 9.26 Å². The minimum Gasteiger partial charge on any atom is -0.378 e. The second-order valence-electron chi connectivity index (χ2n) is 7.54. The zero-order chi connectivity index (χ0) is 18.8.